The molecule has 0 aromatic heterocycles. The van der Waals surface area contributed by atoms with Crippen LogP contribution in [0.1, 0.15) is 19.8 Å². The number of methoxy groups -OCH3 is 1. The van der Waals surface area contributed by atoms with Crippen molar-refractivity contribution < 1.29 is 14.6 Å². The molecule has 1 fully saturated rings. The molecule has 1 rings (SSSR count). The van der Waals surface area contributed by atoms with Crippen molar-refractivity contribution >= 4 is 17.7 Å². The summed E-state index contributed by atoms with van der Waals surface area (Å²) in [7, 11) is 3.27. The van der Waals surface area contributed by atoms with Gasteiger partial charge in [-0.2, -0.15) is 11.8 Å². The van der Waals surface area contributed by atoms with Gasteiger partial charge in [-0.3, -0.25) is 4.79 Å². The van der Waals surface area contributed by atoms with Crippen molar-refractivity contribution in [2.75, 3.05) is 32.3 Å². The zero-order valence-electron chi connectivity index (χ0n) is 10.9. The summed E-state index contributed by atoms with van der Waals surface area (Å²) >= 11 is 1.71. The lowest BCUT2D eigenvalue weighted by Gasteiger charge is -2.30. The Kier molecular flexibility index (Phi) is 5.76. The van der Waals surface area contributed by atoms with Crippen LogP contribution in [0, 0.1) is 11.8 Å². The Hall–Kier alpha value is -0.260. The smallest absolute Gasteiger partial charge is 0.327 e. The van der Waals surface area contributed by atoms with E-state index in [-0.39, 0.29) is 18.5 Å². The minimum atomic E-state index is -0.533. The second-order valence-electron chi connectivity index (χ2n) is 4.79. The Morgan fingerprint density at radius 2 is 2.29 bits per heavy atom. The number of thioether (sulfide) groups is 1. The van der Waals surface area contributed by atoms with Gasteiger partial charge >= 0.3 is 5.97 Å². The topological polar surface area (TPSA) is 58.6 Å². The van der Waals surface area contributed by atoms with Crippen molar-refractivity contribution in [1.29, 1.82) is 0 Å². The molecule has 0 amide bonds. The number of hydrogen-bond donors (Lipinski definition) is 2. The van der Waals surface area contributed by atoms with Crippen molar-refractivity contribution in [3.63, 3.8) is 0 Å². The molecule has 0 radical (unpaired) electrons. The SMILES string of the molecule is CNC(CSCC(C)CO)(C(=O)OC)C1CC1. The first-order chi connectivity index (χ1) is 8.10. The number of rotatable bonds is 8. The van der Waals surface area contributed by atoms with E-state index in [9.17, 15) is 4.79 Å². The summed E-state index contributed by atoms with van der Waals surface area (Å²) in [6.07, 6.45) is 2.18. The second-order valence-corrected chi connectivity index (χ2v) is 5.82. The van der Waals surface area contributed by atoms with Gasteiger partial charge in [-0.15, -0.1) is 0 Å². The van der Waals surface area contributed by atoms with Crippen LogP contribution >= 0.6 is 11.8 Å². The van der Waals surface area contributed by atoms with Crippen LogP contribution in [0.5, 0.6) is 0 Å². The summed E-state index contributed by atoms with van der Waals surface area (Å²) in [6, 6.07) is 0. The van der Waals surface area contributed by atoms with E-state index < -0.39 is 5.54 Å². The standard InChI is InChI=1S/C12H23NO3S/c1-9(6-14)7-17-8-12(13-2,10-4-5-10)11(15)16-3/h9-10,13-14H,4-8H2,1-3H3. The van der Waals surface area contributed by atoms with E-state index in [1.165, 1.54) is 7.11 Å². The highest BCUT2D eigenvalue weighted by Crippen LogP contribution is 2.42. The summed E-state index contributed by atoms with van der Waals surface area (Å²) < 4.78 is 4.93. The number of aliphatic hydroxyl groups excluding tert-OH is 1. The molecule has 4 nitrogen and oxygen atoms in total. The van der Waals surface area contributed by atoms with Gasteiger partial charge in [0.1, 0.15) is 5.54 Å². The Morgan fingerprint density at radius 1 is 1.65 bits per heavy atom. The van der Waals surface area contributed by atoms with Gasteiger partial charge in [-0.1, -0.05) is 6.92 Å². The first-order valence-corrected chi connectivity index (χ1v) is 7.22. The fraction of sp³-hybridized carbons (Fsp3) is 0.917. The average Bonchev–Trinajstić information content (AvgIpc) is 3.18. The number of aliphatic hydroxyl groups is 1. The third-order valence-corrected chi connectivity index (χ3v) is 4.78. The quantitative estimate of drug-likeness (QED) is 0.636. The fourth-order valence-electron chi connectivity index (χ4n) is 1.95. The van der Waals surface area contributed by atoms with Crippen LogP contribution in [-0.2, 0) is 9.53 Å². The summed E-state index contributed by atoms with van der Waals surface area (Å²) in [6.45, 7) is 2.20. The first-order valence-electron chi connectivity index (χ1n) is 6.06. The second kappa shape index (κ2) is 6.61. The third kappa shape index (κ3) is 3.60. The Morgan fingerprint density at radius 3 is 2.71 bits per heavy atom. The van der Waals surface area contributed by atoms with Gasteiger partial charge < -0.3 is 15.2 Å². The Bertz CT molecular complexity index is 258. The lowest BCUT2D eigenvalue weighted by atomic mass is 9.96. The highest BCUT2D eigenvalue weighted by atomic mass is 32.2. The molecule has 0 saturated heterocycles. The highest BCUT2D eigenvalue weighted by molar-refractivity contribution is 7.99. The minimum absolute atomic E-state index is 0.161. The van der Waals surface area contributed by atoms with Gasteiger partial charge in [0.2, 0.25) is 0 Å². The van der Waals surface area contributed by atoms with E-state index in [2.05, 4.69) is 5.32 Å². The molecule has 0 heterocycles. The number of esters is 1. The summed E-state index contributed by atoms with van der Waals surface area (Å²) in [5.41, 5.74) is -0.533. The molecule has 0 aromatic rings. The van der Waals surface area contributed by atoms with Gasteiger partial charge in [0.15, 0.2) is 0 Å². The zero-order valence-corrected chi connectivity index (χ0v) is 11.7. The normalized spacial score (nSPS) is 20.7. The van der Waals surface area contributed by atoms with Gasteiger partial charge in [0.25, 0.3) is 0 Å². The van der Waals surface area contributed by atoms with E-state index in [1.807, 2.05) is 14.0 Å². The van der Waals surface area contributed by atoms with Gasteiger partial charge in [-0.05, 0) is 37.5 Å². The predicted octanol–water partition coefficient (Wildman–Crippen LogP) is 0.889. The van der Waals surface area contributed by atoms with E-state index in [0.717, 1.165) is 18.6 Å². The molecular weight excluding hydrogens is 238 g/mol. The molecule has 0 spiro atoms. The monoisotopic (exact) mass is 261 g/mol. The van der Waals surface area contributed by atoms with Gasteiger partial charge in [0.05, 0.1) is 7.11 Å². The van der Waals surface area contributed by atoms with Crippen molar-refractivity contribution in [3.05, 3.63) is 0 Å². The molecule has 0 aromatic carbocycles. The molecule has 2 unspecified atom stereocenters. The highest BCUT2D eigenvalue weighted by Gasteiger charge is 2.50. The summed E-state index contributed by atoms with van der Waals surface area (Å²) in [4.78, 5) is 11.9. The number of nitrogens with one attached hydrogen (secondary N) is 1. The van der Waals surface area contributed by atoms with Crippen molar-refractivity contribution in [2.45, 2.75) is 25.3 Å². The lowest BCUT2D eigenvalue weighted by Crippen LogP contribution is -2.55. The van der Waals surface area contributed by atoms with Crippen LogP contribution in [0.4, 0.5) is 0 Å². The maximum atomic E-state index is 11.9. The van der Waals surface area contributed by atoms with Crippen molar-refractivity contribution in [3.8, 4) is 0 Å². The molecule has 17 heavy (non-hydrogen) atoms. The number of carbonyl (C=O) groups is 1. The maximum absolute atomic E-state index is 11.9. The van der Waals surface area contributed by atoms with E-state index in [0.29, 0.717) is 11.7 Å². The Balaban J connectivity index is 2.54. The lowest BCUT2D eigenvalue weighted by molar-refractivity contribution is -0.148. The number of hydrogen-bond acceptors (Lipinski definition) is 5. The van der Waals surface area contributed by atoms with Crippen LogP contribution < -0.4 is 5.32 Å². The average molecular weight is 261 g/mol. The minimum Gasteiger partial charge on any atom is -0.468 e. The molecule has 1 aliphatic carbocycles. The van der Waals surface area contributed by atoms with E-state index in [1.54, 1.807) is 11.8 Å². The third-order valence-electron chi connectivity index (χ3n) is 3.31. The predicted molar refractivity (Wildman–Crippen MR) is 70.1 cm³/mol. The summed E-state index contributed by atoms with van der Waals surface area (Å²) in [5.74, 6) is 2.09. The molecule has 2 N–H and O–H groups in total. The maximum Gasteiger partial charge on any atom is 0.327 e. The van der Waals surface area contributed by atoms with Gasteiger partial charge in [-0.25, -0.2) is 0 Å². The Labute approximate surface area is 107 Å². The molecule has 0 bridgehead atoms. The number of carbonyl (C=O) groups excluding carboxylic acids is 1. The molecule has 2 atom stereocenters. The molecule has 100 valence electrons. The zero-order chi connectivity index (χ0) is 12.9. The fourth-order valence-corrected chi connectivity index (χ4v) is 3.40. The molecule has 1 saturated carbocycles. The van der Waals surface area contributed by atoms with Crippen LogP contribution in [0.2, 0.25) is 0 Å². The van der Waals surface area contributed by atoms with Gasteiger partial charge in [0, 0.05) is 12.4 Å². The molecule has 5 heteroatoms. The number of ether oxygens (including phenoxy) is 1. The molecule has 1 aliphatic rings. The largest absolute Gasteiger partial charge is 0.468 e. The summed E-state index contributed by atoms with van der Waals surface area (Å²) in [5, 5.41) is 12.1. The van der Waals surface area contributed by atoms with E-state index in [4.69, 9.17) is 9.84 Å². The van der Waals surface area contributed by atoms with Crippen molar-refractivity contribution in [2.24, 2.45) is 11.8 Å². The van der Waals surface area contributed by atoms with Crippen LogP contribution in [0.3, 0.4) is 0 Å². The van der Waals surface area contributed by atoms with Crippen molar-refractivity contribution in [1.82, 2.24) is 5.32 Å². The van der Waals surface area contributed by atoms with Crippen LogP contribution in [-0.4, -0.2) is 48.9 Å². The molecular formula is C12H23NO3S. The van der Waals surface area contributed by atoms with E-state index >= 15 is 0 Å². The van der Waals surface area contributed by atoms with Crippen LogP contribution in [0.15, 0.2) is 0 Å². The number of likely N-dealkylation sites (N-methyl/N-ethyl adjacent to an activating group) is 1. The first kappa shape index (κ1) is 14.8. The molecule has 0 aliphatic heterocycles. The van der Waals surface area contributed by atoms with Crippen LogP contribution in [0.25, 0.3) is 0 Å².